The molecule has 0 fully saturated rings. The Morgan fingerprint density at radius 1 is 1.00 bits per heavy atom. The van der Waals surface area contributed by atoms with Gasteiger partial charge in [0.1, 0.15) is 0 Å². The van der Waals surface area contributed by atoms with Gasteiger partial charge in [-0.3, -0.25) is 0 Å². The lowest BCUT2D eigenvalue weighted by Gasteiger charge is -1.99. The lowest BCUT2D eigenvalue weighted by Crippen LogP contribution is -1.91. The van der Waals surface area contributed by atoms with E-state index in [1.54, 1.807) is 13.8 Å². The minimum atomic E-state index is 0.249. The predicted octanol–water partition coefficient (Wildman–Crippen LogP) is 2.40. The van der Waals surface area contributed by atoms with E-state index in [9.17, 15) is 0 Å². The molecule has 1 aromatic rings. The molecule has 0 saturated carbocycles. The van der Waals surface area contributed by atoms with Gasteiger partial charge in [0.05, 0.1) is 16.4 Å². The smallest absolute Gasteiger partial charge is 0.222 e. The Balaban J connectivity index is 3.31. The molecule has 0 aliphatic carbocycles. The molecular weight excluding hydrogens is 171 g/mol. The van der Waals surface area contributed by atoms with Gasteiger partial charge >= 0.3 is 0 Å². The summed E-state index contributed by atoms with van der Waals surface area (Å²) in [6.45, 7) is 3.59. The van der Waals surface area contributed by atoms with Gasteiger partial charge in [0.25, 0.3) is 0 Å². The van der Waals surface area contributed by atoms with Crippen LogP contribution in [-0.2, 0) is 0 Å². The molecule has 54 valence electrons. The molecule has 1 heterocycles. The second-order valence-corrected chi connectivity index (χ2v) is 2.69. The van der Waals surface area contributed by atoms with Gasteiger partial charge in [-0.05, 0) is 25.4 Å². The molecular formula is C6H6Cl2N2. The standard InChI is InChI=1S/C6H6Cl2N2/c1-3-5(7)4(2)10-6(8)9-3/h1-2H3. The van der Waals surface area contributed by atoms with E-state index in [4.69, 9.17) is 23.2 Å². The minimum absolute atomic E-state index is 0.249. The van der Waals surface area contributed by atoms with E-state index in [-0.39, 0.29) is 5.28 Å². The first-order valence-electron chi connectivity index (χ1n) is 2.77. The molecule has 0 atom stereocenters. The van der Waals surface area contributed by atoms with Crippen LogP contribution in [0.15, 0.2) is 0 Å². The van der Waals surface area contributed by atoms with Crippen molar-refractivity contribution >= 4 is 23.2 Å². The van der Waals surface area contributed by atoms with Gasteiger partial charge in [0.2, 0.25) is 5.28 Å². The first-order chi connectivity index (χ1) is 4.61. The summed E-state index contributed by atoms with van der Waals surface area (Å²) in [7, 11) is 0. The third-order valence-corrected chi connectivity index (χ3v) is 1.87. The number of hydrogen-bond acceptors (Lipinski definition) is 2. The van der Waals surface area contributed by atoms with Gasteiger partial charge in [-0.1, -0.05) is 11.6 Å². The normalized spacial score (nSPS) is 10.0. The van der Waals surface area contributed by atoms with Crippen LogP contribution in [0.5, 0.6) is 0 Å². The van der Waals surface area contributed by atoms with Crippen LogP contribution >= 0.6 is 23.2 Å². The fourth-order valence-electron chi connectivity index (χ4n) is 0.662. The van der Waals surface area contributed by atoms with Crippen LogP contribution < -0.4 is 0 Å². The minimum Gasteiger partial charge on any atom is -0.222 e. The van der Waals surface area contributed by atoms with Crippen molar-refractivity contribution in [1.29, 1.82) is 0 Å². The average molecular weight is 177 g/mol. The van der Waals surface area contributed by atoms with Crippen LogP contribution in [0.4, 0.5) is 0 Å². The van der Waals surface area contributed by atoms with Crippen molar-refractivity contribution in [2.45, 2.75) is 13.8 Å². The number of rotatable bonds is 0. The number of nitrogens with zero attached hydrogens (tertiary/aromatic N) is 2. The SMILES string of the molecule is Cc1nc(Cl)nc(C)c1Cl. The molecule has 1 rings (SSSR count). The average Bonchev–Trinajstić information content (AvgIpc) is 1.82. The van der Waals surface area contributed by atoms with E-state index in [0.29, 0.717) is 5.02 Å². The van der Waals surface area contributed by atoms with Crippen molar-refractivity contribution in [2.75, 3.05) is 0 Å². The summed E-state index contributed by atoms with van der Waals surface area (Å²) < 4.78 is 0. The quantitative estimate of drug-likeness (QED) is 0.568. The summed E-state index contributed by atoms with van der Waals surface area (Å²) in [4.78, 5) is 7.71. The lowest BCUT2D eigenvalue weighted by molar-refractivity contribution is 1.05. The Kier molecular flexibility index (Phi) is 2.11. The molecule has 0 aliphatic rings. The van der Waals surface area contributed by atoms with Crippen LogP contribution in [0.3, 0.4) is 0 Å². The number of halogens is 2. The van der Waals surface area contributed by atoms with Crippen molar-refractivity contribution in [1.82, 2.24) is 9.97 Å². The molecule has 4 heteroatoms. The highest BCUT2D eigenvalue weighted by Gasteiger charge is 2.02. The number of aryl methyl sites for hydroxylation is 2. The molecule has 0 amide bonds. The highest BCUT2D eigenvalue weighted by molar-refractivity contribution is 6.32. The molecule has 1 aromatic heterocycles. The topological polar surface area (TPSA) is 25.8 Å². The van der Waals surface area contributed by atoms with Gasteiger partial charge in [-0.2, -0.15) is 0 Å². The van der Waals surface area contributed by atoms with Crippen molar-refractivity contribution in [3.63, 3.8) is 0 Å². The summed E-state index contributed by atoms with van der Waals surface area (Å²) in [5, 5.41) is 0.837. The molecule has 10 heavy (non-hydrogen) atoms. The monoisotopic (exact) mass is 176 g/mol. The van der Waals surface area contributed by atoms with E-state index >= 15 is 0 Å². The highest BCUT2D eigenvalue weighted by Crippen LogP contribution is 2.17. The van der Waals surface area contributed by atoms with Crippen molar-refractivity contribution in [2.24, 2.45) is 0 Å². The molecule has 0 unspecified atom stereocenters. The lowest BCUT2D eigenvalue weighted by atomic mass is 10.4. The van der Waals surface area contributed by atoms with Crippen LogP contribution in [0.25, 0.3) is 0 Å². The van der Waals surface area contributed by atoms with Crippen LogP contribution in [0.1, 0.15) is 11.4 Å². The fourth-order valence-corrected chi connectivity index (χ4v) is 1.000. The Hall–Kier alpha value is -0.340. The molecule has 0 spiro atoms. The maximum absolute atomic E-state index is 5.77. The molecule has 0 radical (unpaired) electrons. The van der Waals surface area contributed by atoms with Gasteiger partial charge in [-0.15, -0.1) is 0 Å². The van der Waals surface area contributed by atoms with E-state index in [1.807, 2.05) is 0 Å². The predicted molar refractivity (Wildman–Crippen MR) is 41.5 cm³/mol. The number of hydrogen-bond donors (Lipinski definition) is 0. The van der Waals surface area contributed by atoms with Crippen molar-refractivity contribution in [3.05, 3.63) is 21.7 Å². The van der Waals surface area contributed by atoms with Gasteiger partial charge < -0.3 is 0 Å². The Morgan fingerprint density at radius 3 is 1.80 bits per heavy atom. The third-order valence-electron chi connectivity index (χ3n) is 1.16. The van der Waals surface area contributed by atoms with E-state index in [1.165, 1.54) is 0 Å². The first-order valence-corrected chi connectivity index (χ1v) is 3.53. The highest BCUT2D eigenvalue weighted by atomic mass is 35.5. The van der Waals surface area contributed by atoms with Crippen LogP contribution in [-0.4, -0.2) is 9.97 Å². The van der Waals surface area contributed by atoms with E-state index in [0.717, 1.165) is 11.4 Å². The Bertz CT molecular complexity index is 237. The third kappa shape index (κ3) is 1.39. The molecule has 0 N–H and O–H groups in total. The van der Waals surface area contributed by atoms with Crippen LogP contribution in [0, 0.1) is 13.8 Å². The largest absolute Gasteiger partial charge is 0.222 e. The summed E-state index contributed by atoms with van der Waals surface area (Å²) in [5.74, 6) is 0. The maximum Gasteiger partial charge on any atom is 0.222 e. The van der Waals surface area contributed by atoms with Gasteiger partial charge in [0.15, 0.2) is 0 Å². The van der Waals surface area contributed by atoms with Crippen molar-refractivity contribution < 1.29 is 0 Å². The molecule has 0 bridgehead atoms. The zero-order chi connectivity index (χ0) is 7.72. The summed E-state index contributed by atoms with van der Waals surface area (Å²) in [5.41, 5.74) is 1.44. The van der Waals surface area contributed by atoms with Gasteiger partial charge in [0, 0.05) is 0 Å². The zero-order valence-electron chi connectivity index (χ0n) is 5.65. The Morgan fingerprint density at radius 2 is 1.40 bits per heavy atom. The first kappa shape index (κ1) is 7.76. The maximum atomic E-state index is 5.77. The molecule has 0 aliphatic heterocycles. The fraction of sp³-hybridized carbons (Fsp3) is 0.333. The zero-order valence-corrected chi connectivity index (χ0v) is 7.16. The van der Waals surface area contributed by atoms with E-state index in [2.05, 4.69) is 9.97 Å². The Labute approximate surface area is 69.2 Å². The van der Waals surface area contributed by atoms with E-state index < -0.39 is 0 Å². The molecule has 2 nitrogen and oxygen atoms in total. The number of aromatic nitrogens is 2. The summed E-state index contributed by atoms with van der Waals surface area (Å²) >= 11 is 11.3. The summed E-state index contributed by atoms with van der Waals surface area (Å²) in [6.07, 6.45) is 0. The van der Waals surface area contributed by atoms with Gasteiger partial charge in [-0.25, -0.2) is 9.97 Å². The second-order valence-electron chi connectivity index (χ2n) is 1.98. The molecule has 0 aromatic carbocycles. The van der Waals surface area contributed by atoms with Crippen LogP contribution in [0.2, 0.25) is 10.3 Å². The molecule has 0 saturated heterocycles. The second kappa shape index (κ2) is 2.72. The van der Waals surface area contributed by atoms with Crippen molar-refractivity contribution in [3.8, 4) is 0 Å². The summed E-state index contributed by atoms with van der Waals surface area (Å²) in [6, 6.07) is 0.